The van der Waals surface area contributed by atoms with E-state index in [1.54, 1.807) is 6.07 Å². The van der Waals surface area contributed by atoms with E-state index in [9.17, 15) is 4.79 Å². The van der Waals surface area contributed by atoms with Gasteiger partial charge in [0.05, 0.1) is 0 Å². The van der Waals surface area contributed by atoms with Crippen molar-refractivity contribution in [2.45, 2.75) is 19.3 Å². The minimum absolute atomic E-state index is 0.250. The number of carbonyl (C=O) groups is 1. The van der Waals surface area contributed by atoms with Gasteiger partial charge in [-0.2, -0.15) is 0 Å². The molecule has 0 bridgehead atoms. The molecule has 0 saturated carbocycles. The molecule has 1 aromatic heterocycles. The van der Waals surface area contributed by atoms with Gasteiger partial charge in [0.1, 0.15) is 0 Å². The Balaban J connectivity index is 1.26. The van der Waals surface area contributed by atoms with Crippen molar-refractivity contribution in [3.05, 3.63) is 71.9 Å². The van der Waals surface area contributed by atoms with E-state index < -0.39 is 0 Å². The molecule has 1 amide bonds. The number of anilines is 4. The second-order valence-corrected chi connectivity index (χ2v) is 7.50. The maximum atomic E-state index is 12.5. The zero-order valence-corrected chi connectivity index (χ0v) is 16.2. The summed E-state index contributed by atoms with van der Waals surface area (Å²) < 4.78 is 0. The van der Waals surface area contributed by atoms with Gasteiger partial charge in [0.15, 0.2) is 11.5 Å². The number of hydrogen-bond donors (Lipinski definition) is 1. The highest BCUT2D eigenvalue weighted by molar-refractivity contribution is 6.02. The number of nitrogens with one attached hydrogen (secondary N) is 1. The van der Waals surface area contributed by atoms with Crippen LogP contribution in [0.15, 0.2) is 60.7 Å². The van der Waals surface area contributed by atoms with Crippen molar-refractivity contribution in [2.75, 3.05) is 34.8 Å². The number of amides is 1. The van der Waals surface area contributed by atoms with Crippen molar-refractivity contribution >= 4 is 28.8 Å². The van der Waals surface area contributed by atoms with Gasteiger partial charge in [0.25, 0.3) is 5.91 Å². The van der Waals surface area contributed by atoms with Crippen LogP contribution in [0.25, 0.3) is 0 Å². The van der Waals surface area contributed by atoms with Crippen LogP contribution in [-0.2, 0) is 6.42 Å². The molecule has 29 heavy (non-hydrogen) atoms. The molecule has 146 valence electrons. The zero-order chi connectivity index (χ0) is 19.6. The first-order chi connectivity index (χ1) is 14.3. The van der Waals surface area contributed by atoms with Gasteiger partial charge < -0.3 is 15.1 Å². The molecule has 1 N–H and O–H groups in total. The Morgan fingerprint density at radius 3 is 2.41 bits per heavy atom. The van der Waals surface area contributed by atoms with Crippen LogP contribution in [0.3, 0.4) is 0 Å². The van der Waals surface area contributed by atoms with Crippen molar-refractivity contribution in [2.24, 2.45) is 0 Å². The molecular formula is C23H23N5O. The summed E-state index contributed by atoms with van der Waals surface area (Å²) in [5.41, 5.74) is 4.75. The van der Waals surface area contributed by atoms with Gasteiger partial charge in [0, 0.05) is 36.7 Å². The summed E-state index contributed by atoms with van der Waals surface area (Å²) in [7, 11) is 0. The lowest BCUT2D eigenvalue weighted by atomic mass is 10.2. The Labute approximate surface area is 170 Å². The van der Waals surface area contributed by atoms with Crippen LogP contribution in [0.5, 0.6) is 0 Å². The first kappa shape index (κ1) is 17.7. The molecule has 0 aliphatic carbocycles. The van der Waals surface area contributed by atoms with Gasteiger partial charge >= 0.3 is 0 Å². The van der Waals surface area contributed by atoms with Crippen LogP contribution in [0.4, 0.5) is 22.9 Å². The SMILES string of the molecule is O=C(Nc1ccc(N2CCCC2)cc1)c1ccc(N2CCc3ccccc32)nn1. The highest BCUT2D eigenvalue weighted by atomic mass is 16.1. The normalized spacial score (nSPS) is 15.4. The minimum atomic E-state index is -0.250. The topological polar surface area (TPSA) is 61.4 Å². The van der Waals surface area contributed by atoms with Crippen molar-refractivity contribution in [1.29, 1.82) is 0 Å². The van der Waals surface area contributed by atoms with Gasteiger partial charge in [-0.15, -0.1) is 10.2 Å². The van der Waals surface area contributed by atoms with Gasteiger partial charge in [-0.25, -0.2) is 0 Å². The molecule has 2 aliphatic heterocycles. The number of para-hydroxylation sites is 1. The van der Waals surface area contributed by atoms with Crippen LogP contribution in [0.2, 0.25) is 0 Å². The number of aromatic nitrogens is 2. The molecule has 0 unspecified atom stereocenters. The molecule has 1 saturated heterocycles. The molecule has 0 atom stereocenters. The molecule has 5 rings (SSSR count). The molecule has 1 fully saturated rings. The van der Waals surface area contributed by atoms with E-state index in [4.69, 9.17) is 0 Å². The van der Waals surface area contributed by atoms with E-state index in [-0.39, 0.29) is 5.91 Å². The number of fused-ring (bicyclic) bond motifs is 1. The van der Waals surface area contributed by atoms with Crippen molar-refractivity contribution in [3.8, 4) is 0 Å². The molecule has 0 radical (unpaired) electrons. The molecule has 2 aromatic carbocycles. The predicted molar refractivity (Wildman–Crippen MR) is 115 cm³/mol. The van der Waals surface area contributed by atoms with E-state index >= 15 is 0 Å². The Kier molecular flexibility index (Phi) is 4.60. The molecule has 3 aromatic rings. The van der Waals surface area contributed by atoms with Crippen LogP contribution in [-0.4, -0.2) is 35.7 Å². The quantitative estimate of drug-likeness (QED) is 0.735. The lowest BCUT2D eigenvalue weighted by Crippen LogP contribution is -2.19. The lowest BCUT2D eigenvalue weighted by molar-refractivity contribution is 0.102. The van der Waals surface area contributed by atoms with Gasteiger partial charge in [-0.05, 0) is 67.3 Å². The number of hydrogen-bond acceptors (Lipinski definition) is 5. The van der Waals surface area contributed by atoms with Crippen LogP contribution < -0.4 is 15.1 Å². The van der Waals surface area contributed by atoms with Crippen LogP contribution in [0, 0.1) is 0 Å². The monoisotopic (exact) mass is 385 g/mol. The third-order valence-electron chi connectivity index (χ3n) is 5.64. The van der Waals surface area contributed by atoms with Gasteiger partial charge in [-0.3, -0.25) is 4.79 Å². The summed E-state index contributed by atoms with van der Waals surface area (Å²) in [6.45, 7) is 3.09. The standard InChI is InChI=1S/C23H23N5O/c29-23(24-18-7-9-19(10-8-18)27-14-3-4-15-27)20-11-12-22(26-25-20)28-16-13-17-5-1-2-6-21(17)28/h1-2,5-12H,3-4,13-16H2,(H,24,29). The second-order valence-electron chi connectivity index (χ2n) is 7.50. The van der Waals surface area contributed by atoms with Gasteiger partial charge in [-0.1, -0.05) is 18.2 Å². The Bertz CT molecular complexity index is 1010. The number of rotatable bonds is 4. The van der Waals surface area contributed by atoms with Crippen molar-refractivity contribution < 1.29 is 4.79 Å². The smallest absolute Gasteiger partial charge is 0.276 e. The molecule has 3 heterocycles. The fourth-order valence-corrected chi connectivity index (χ4v) is 4.09. The first-order valence-corrected chi connectivity index (χ1v) is 10.1. The fourth-order valence-electron chi connectivity index (χ4n) is 4.09. The molecule has 2 aliphatic rings. The fraction of sp³-hybridized carbons (Fsp3) is 0.261. The molecule has 0 spiro atoms. The van der Waals surface area contributed by atoms with E-state index in [0.717, 1.165) is 43.2 Å². The molecule has 6 nitrogen and oxygen atoms in total. The largest absolute Gasteiger partial charge is 0.372 e. The number of carbonyl (C=O) groups excluding carboxylic acids is 1. The predicted octanol–water partition coefficient (Wildman–Crippen LogP) is 4.02. The summed E-state index contributed by atoms with van der Waals surface area (Å²) in [4.78, 5) is 17.1. The summed E-state index contributed by atoms with van der Waals surface area (Å²) in [6.07, 6.45) is 3.49. The highest BCUT2D eigenvalue weighted by Crippen LogP contribution is 2.32. The minimum Gasteiger partial charge on any atom is -0.372 e. The summed E-state index contributed by atoms with van der Waals surface area (Å²) in [5.74, 6) is 0.515. The Morgan fingerprint density at radius 2 is 1.66 bits per heavy atom. The maximum Gasteiger partial charge on any atom is 0.276 e. The summed E-state index contributed by atoms with van der Waals surface area (Å²) in [6, 6.07) is 19.9. The van der Waals surface area contributed by atoms with E-state index in [2.05, 4.69) is 55.6 Å². The second kappa shape index (κ2) is 7.54. The Morgan fingerprint density at radius 1 is 0.862 bits per heavy atom. The first-order valence-electron chi connectivity index (χ1n) is 10.1. The lowest BCUT2D eigenvalue weighted by Gasteiger charge is -2.18. The highest BCUT2D eigenvalue weighted by Gasteiger charge is 2.21. The molecular weight excluding hydrogens is 362 g/mol. The molecule has 6 heteroatoms. The number of benzene rings is 2. The maximum absolute atomic E-state index is 12.5. The summed E-state index contributed by atoms with van der Waals surface area (Å²) in [5, 5.41) is 11.4. The average Bonchev–Trinajstić information content (AvgIpc) is 3.45. The van der Waals surface area contributed by atoms with Gasteiger partial charge in [0.2, 0.25) is 0 Å². The number of nitrogens with zero attached hydrogens (tertiary/aromatic N) is 4. The zero-order valence-electron chi connectivity index (χ0n) is 16.2. The average molecular weight is 385 g/mol. The van der Waals surface area contributed by atoms with E-state index in [1.165, 1.54) is 24.1 Å². The Hall–Kier alpha value is -3.41. The van der Waals surface area contributed by atoms with E-state index in [0.29, 0.717) is 5.69 Å². The van der Waals surface area contributed by atoms with Crippen molar-refractivity contribution in [3.63, 3.8) is 0 Å². The van der Waals surface area contributed by atoms with Crippen LogP contribution in [0.1, 0.15) is 28.9 Å². The van der Waals surface area contributed by atoms with Crippen molar-refractivity contribution in [1.82, 2.24) is 10.2 Å². The third-order valence-corrected chi connectivity index (χ3v) is 5.64. The third kappa shape index (κ3) is 3.53. The summed E-state index contributed by atoms with van der Waals surface area (Å²) >= 11 is 0. The van der Waals surface area contributed by atoms with Crippen LogP contribution >= 0.6 is 0 Å². The van der Waals surface area contributed by atoms with E-state index in [1.807, 2.05) is 24.3 Å².